The van der Waals surface area contributed by atoms with Crippen molar-refractivity contribution in [2.75, 3.05) is 20.8 Å². The Morgan fingerprint density at radius 1 is 1.33 bits per heavy atom. The first kappa shape index (κ1) is 9.88. The van der Waals surface area contributed by atoms with Gasteiger partial charge < -0.3 is 24.4 Å². The topological polar surface area (TPSA) is 68.2 Å². The van der Waals surface area contributed by atoms with Gasteiger partial charge in [0.05, 0.1) is 6.61 Å². The summed E-state index contributed by atoms with van der Waals surface area (Å²) < 4.78 is 14.9. The number of hydrogen-bond acceptors (Lipinski definition) is 5. The predicted molar refractivity (Wildman–Crippen MR) is 39.6 cm³/mol. The lowest BCUT2D eigenvalue weighted by molar-refractivity contribution is -0.153. The van der Waals surface area contributed by atoms with Crippen LogP contribution < -0.4 is 0 Å². The highest BCUT2D eigenvalue weighted by Crippen LogP contribution is 2.23. The summed E-state index contributed by atoms with van der Waals surface area (Å²) in [5.74, 6) is 0. The molecule has 0 radical (unpaired) electrons. The molecule has 0 aromatic carbocycles. The van der Waals surface area contributed by atoms with Crippen LogP contribution in [0, 0.1) is 0 Å². The molecule has 0 saturated carbocycles. The molecule has 0 aliphatic carbocycles. The molecule has 4 unspecified atom stereocenters. The molecular formula is C7H14O5. The summed E-state index contributed by atoms with van der Waals surface area (Å²) in [4.78, 5) is 0. The Morgan fingerprint density at radius 3 is 2.33 bits per heavy atom. The Hall–Kier alpha value is -0.200. The van der Waals surface area contributed by atoms with E-state index in [0.717, 1.165) is 0 Å². The van der Waals surface area contributed by atoms with E-state index in [-0.39, 0.29) is 6.61 Å². The van der Waals surface area contributed by atoms with Gasteiger partial charge in [0, 0.05) is 14.2 Å². The van der Waals surface area contributed by atoms with Crippen molar-refractivity contribution < 1.29 is 24.4 Å². The number of ether oxygens (including phenoxy) is 3. The van der Waals surface area contributed by atoms with E-state index in [1.54, 1.807) is 0 Å². The van der Waals surface area contributed by atoms with Gasteiger partial charge in [0.2, 0.25) is 0 Å². The van der Waals surface area contributed by atoms with Crippen LogP contribution in [0.25, 0.3) is 0 Å². The van der Waals surface area contributed by atoms with Crippen LogP contribution in [0.1, 0.15) is 0 Å². The molecule has 0 amide bonds. The molecule has 0 aromatic rings. The average molecular weight is 178 g/mol. The van der Waals surface area contributed by atoms with Gasteiger partial charge >= 0.3 is 0 Å². The first-order valence-electron chi connectivity index (χ1n) is 3.74. The molecule has 1 fully saturated rings. The van der Waals surface area contributed by atoms with Gasteiger partial charge in [-0.05, 0) is 0 Å². The van der Waals surface area contributed by atoms with E-state index >= 15 is 0 Å². The highest BCUT2D eigenvalue weighted by molar-refractivity contribution is 4.87. The Labute approximate surface area is 70.9 Å². The number of hydrogen-bond donors (Lipinski definition) is 2. The van der Waals surface area contributed by atoms with Crippen molar-refractivity contribution in [3.63, 3.8) is 0 Å². The van der Waals surface area contributed by atoms with Gasteiger partial charge in [-0.2, -0.15) is 0 Å². The minimum atomic E-state index is -0.836. The maximum Gasteiger partial charge on any atom is 0.186 e. The molecule has 0 aromatic heterocycles. The maximum atomic E-state index is 9.46. The van der Waals surface area contributed by atoms with Crippen molar-refractivity contribution in [1.29, 1.82) is 0 Å². The smallest absolute Gasteiger partial charge is 0.186 e. The fourth-order valence-corrected chi connectivity index (χ4v) is 1.34. The van der Waals surface area contributed by atoms with Crippen molar-refractivity contribution in [3.8, 4) is 0 Å². The molecule has 1 aliphatic heterocycles. The minimum absolute atomic E-state index is 0.185. The van der Waals surface area contributed by atoms with Crippen molar-refractivity contribution >= 4 is 0 Å². The monoisotopic (exact) mass is 178 g/mol. The SMILES string of the molecule is COC1OC(CO)C(OC)C1O. The van der Waals surface area contributed by atoms with E-state index < -0.39 is 24.6 Å². The molecule has 1 rings (SSSR count). The molecule has 1 saturated heterocycles. The zero-order valence-corrected chi connectivity index (χ0v) is 7.14. The summed E-state index contributed by atoms with van der Waals surface area (Å²) in [6, 6.07) is 0. The second kappa shape index (κ2) is 4.15. The average Bonchev–Trinajstić information content (AvgIpc) is 2.41. The Bertz CT molecular complexity index is 138. The van der Waals surface area contributed by atoms with Gasteiger partial charge in [-0.15, -0.1) is 0 Å². The van der Waals surface area contributed by atoms with Crippen molar-refractivity contribution in [1.82, 2.24) is 0 Å². The summed E-state index contributed by atoms with van der Waals surface area (Å²) in [7, 11) is 2.89. The van der Waals surface area contributed by atoms with Gasteiger partial charge in [-0.3, -0.25) is 0 Å². The third-order valence-electron chi connectivity index (χ3n) is 1.98. The van der Waals surface area contributed by atoms with E-state index in [0.29, 0.717) is 0 Å². The highest BCUT2D eigenvalue weighted by atomic mass is 16.7. The van der Waals surface area contributed by atoms with Gasteiger partial charge in [0.15, 0.2) is 6.29 Å². The third-order valence-corrected chi connectivity index (χ3v) is 1.98. The molecule has 5 nitrogen and oxygen atoms in total. The van der Waals surface area contributed by atoms with Gasteiger partial charge in [0.1, 0.15) is 18.3 Å². The molecule has 0 spiro atoms. The van der Waals surface area contributed by atoms with Crippen LogP contribution in [0.4, 0.5) is 0 Å². The van der Waals surface area contributed by atoms with Crippen molar-refractivity contribution in [2.45, 2.75) is 24.6 Å². The number of aliphatic hydroxyl groups is 2. The normalized spacial score (nSPS) is 42.0. The molecule has 0 bridgehead atoms. The van der Waals surface area contributed by atoms with E-state index in [1.165, 1.54) is 14.2 Å². The largest absolute Gasteiger partial charge is 0.394 e. The van der Waals surface area contributed by atoms with Gasteiger partial charge in [-0.25, -0.2) is 0 Å². The van der Waals surface area contributed by atoms with Crippen LogP contribution in [-0.2, 0) is 14.2 Å². The third kappa shape index (κ3) is 1.60. The zero-order valence-electron chi connectivity index (χ0n) is 7.14. The molecule has 1 aliphatic rings. The Kier molecular flexibility index (Phi) is 3.42. The number of rotatable bonds is 3. The van der Waals surface area contributed by atoms with Crippen molar-refractivity contribution in [3.05, 3.63) is 0 Å². The Balaban J connectivity index is 2.58. The van der Waals surface area contributed by atoms with E-state index in [4.69, 9.17) is 19.3 Å². The van der Waals surface area contributed by atoms with Gasteiger partial charge in [-0.1, -0.05) is 0 Å². The summed E-state index contributed by atoms with van der Waals surface area (Å²) in [6.45, 7) is -0.185. The minimum Gasteiger partial charge on any atom is -0.394 e. The molecule has 1 heterocycles. The second-order valence-electron chi connectivity index (χ2n) is 2.65. The van der Waals surface area contributed by atoms with E-state index in [1.807, 2.05) is 0 Å². The standard InChI is InChI=1S/C7H14O5/c1-10-6-4(3-8)12-7(11-2)5(6)9/h4-9H,3H2,1-2H3. The second-order valence-corrected chi connectivity index (χ2v) is 2.65. The van der Waals surface area contributed by atoms with Gasteiger partial charge in [0.25, 0.3) is 0 Å². The van der Waals surface area contributed by atoms with E-state index in [2.05, 4.69) is 0 Å². The molecular weight excluding hydrogens is 164 g/mol. The van der Waals surface area contributed by atoms with Crippen LogP contribution in [0.3, 0.4) is 0 Å². The lowest BCUT2D eigenvalue weighted by Crippen LogP contribution is -2.36. The molecule has 12 heavy (non-hydrogen) atoms. The van der Waals surface area contributed by atoms with E-state index in [9.17, 15) is 5.11 Å². The highest BCUT2D eigenvalue weighted by Gasteiger charge is 2.43. The first-order chi connectivity index (χ1) is 5.74. The fourth-order valence-electron chi connectivity index (χ4n) is 1.34. The van der Waals surface area contributed by atoms with Crippen LogP contribution in [0.5, 0.6) is 0 Å². The molecule has 4 atom stereocenters. The maximum absolute atomic E-state index is 9.46. The fraction of sp³-hybridized carbons (Fsp3) is 1.00. The molecule has 2 N–H and O–H groups in total. The molecule has 5 heteroatoms. The zero-order chi connectivity index (χ0) is 9.14. The quantitative estimate of drug-likeness (QED) is 0.563. The number of methoxy groups -OCH3 is 2. The van der Waals surface area contributed by atoms with Crippen molar-refractivity contribution in [2.24, 2.45) is 0 Å². The summed E-state index contributed by atoms with van der Waals surface area (Å²) in [5, 5.41) is 18.3. The predicted octanol–water partition coefficient (Wildman–Crippen LogP) is -1.27. The first-order valence-corrected chi connectivity index (χ1v) is 3.74. The molecule has 72 valence electrons. The van der Waals surface area contributed by atoms with Crippen LogP contribution in [0.15, 0.2) is 0 Å². The Morgan fingerprint density at radius 2 is 2.00 bits per heavy atom. The van der Waals surface area contributed by atoms with Crippen LogP contribution >= 0.6 is 0 Å². The summed E-state index contributed by atoms with van der Waals surface area (Å²) in [5.41, 5.74) is 0. The number of aliphatic hydroxyl groups excluding tert-OH is 2. The lowest BCUT2D eigenvalue weighted by Gasteiger charge is -2.15. The summed E-state index contributed by atoms with van der Waals surface area (Å²) in [6.07, 6.45) is -2.56. The van der Waals surface area contributed by atoms with Crippen LogP contribution in [0.2, 0.25) is 0 Å². The van der Waals surface area contributed by atoms with Crippen LogP contribution in [-0.4, -0.2) is 55.6 Å². The summed E-state index contributed by atoms with van der Waals surface area (Å²) >= 11 is 0. The lowest BCUT2D eigenvalue weighted by atomic mass is 10.1.